The fraction of sp³-hybridized carbons (Fsp3) is 0. The number of nitrogens with zero attached hydrogens (tertiary/aromatic N) is 2. The van der Waals surface area contributed by atoms with E-state index in [0.29, 0.717) is 5.82 Å². The molecule has 0 aliphatic rings. The van der Waals surface area contributed by atoms with E-state index in [-0.39, 0.29) is 5.69 Å². The molecule has 0 saturated heterocycles. The molecule has 0 amide bonds. The fourth-order valence-corrected chi connectivity index (χ4v) is 2.26. The van der Waals surface area contributed by atoms with Crippen molar-refractivity contribution in [1.82, 2.24) is 14.5 Å². The van der Waals surface area contributed by atoms with Gasteiger partial charge in [0.1, 0.15) is 5.82 Å². The van der Waals surface area contributed by atoms with Gasteiger partial charge in [-0.2, -0.15) is 0 Å². The lowest BCUT2D eigenvalue weighted by Gasteiger charge is -2.01. The third-order valence-electron chi connectivity index (χ3n) is 2.55. The number of imidazole rings is 1. The summed E-state index contributed by atoms with van der Waals surface area (Å²) in [5.74, 6) is 0.613. The van der Waals surface area contributed by atoms with Crippen molar-refractivity contribution in [2.24, 2.45) is 0 Å². The van der Waals surface area contributed by atoms with Crippen LogP contribution in [0, 0.1) is 0 Å². The number of hydrogen-bond donors (Lipinski definition) is 1. The topological polar surface area (TPSA) is 50.7 Å². The van der Waals surface area contributed by atoms with Crippen molar-refractivity contribution in [3.63, 3.8) is 0 Å². The van der Waals surface area contributed by atoms with Crippen LogP contribution in [0.4, 0.5) is 0 Å². The maximum absolute atomic E-state index is 11.9. The molecule has 5 heteroatoms. The fourth-order valence-electron chi connectivity index (χ4n) is 1.81. The molecule has 1 N–H and O–H groups in total. The number of fused-ring (bicyclic) bond motifs is 1. The third-order valence-corrected chi connectivity index (χ3v) is 3.21. The number of para-hydroxylation sites is 1. The van der Waals surface area contributed by atoms with E-state index in [1.54, 1.807) is 16.8 Å². The first-order valence-electron chi connectivity index (χ1n) is 5.08. The molecule has 0 radical (unpaired) electrons. The Balaban J connectivity index is 2.42. The SMILES string of the molecule is O=c1[nH]c2c(Br)cccc2n1-c1ccccn1. The highest BCUT2D eigenvalue weighted by atomic mass is 79.9. The predicted octanol–water partition coefficient (Wildman–Crippen LogP) is 2.48. The standard InChI is InChI=1S/C12H8BrN3O/c13-8-4-3-5-9-11(8)15-12(17)16(9)10-6-1-2-7-14-10/h1-7H,(H,15,17). The monoisotopic (exact) mass is 289 g/mol. The van der Waals surface area contributed by atoms with Crippen LogP contribution in [0.15, 0.2) is 51.9 Å². The van der Waals surface area contributed by atoms with E-state index in [9.17, 15) is 4.79 Å². The Morgan fingerprint density at radius 3 is 2.82 bits per heavy atom. The zero-order chi connectivity index (χ0) is 11.8. The summed E-state index contributed by atoms with van der Waals surface area (Å²) >= 11 is 3.41. The minimum atomic E-state index is -0.189. The highest BCUT2D eigenvalue weighted by Crippen LogP contribution is 2.21. The molecule has 0 bridgehead atoms. The van der Waals surface area contributed by atoms with Crippen molar-refractivity contribution in [2.75, 3.05) is 0 Å². The molecule has 84 valence electrons. The number of rotatable bonds is 1. The minimum Gasteiger partial charge on any atom is -0.304 e. The Morgan fingerprint density at radius 2 is 2.06 bits per heavy atom. The molecule has 4 nitrogen and oxygen atoms in total. The van der Waals surface area contributed by atoms with E-state index >= 15 is 0 Å². The number of pyridine rings is 1. The molecule has 17 heavy (non-hydrogen) atoms. The lowest BCUT2D eigenvalue weighted by atomic mass is 10.3. The maximum atomic E-state index is 11.9. The van der Waals surface area contributed by atoms with Crippen LogP contribution in [0.3, 0.4) is 0 Å². The molecule has 0 aliphatic heterocycles. The number of benzene rings is 1. The zero-order valence-electron chi connectivity index (χ0n) is 8.72. The zero-order valence-corrected chi connectivity index (χ0v) is 10.3. The van der Waals surface area contributed by atoms with E-state index in [1.165, 1.54) is 0 Å². The van der Waals surface area contributed by atoms with Crippen LogP contribution >= 0.6 is 15.9 Å². The second-order valence-electron chi connectivity index (χ2n) is 3.59. The van der Waals surface area contributed by atoms with Gasteiger partial charge in [0.25, 0.3) is 0 Å². The summed E-state index contributed by atoms with van der Waals surface area (Å²) in [6, 6.07) is 11.1. The van der Waals surface area contributed by atoms with Crippen molar-refractivity contribution in [3.05, 3.63) is 57.6 Å². The van der Waals surface area contributed by atoms with Gasteiger partial charge in [-0.25, -0.2) is 14.3 Å². The first kappa shape index (κ1) is 10.3. The van der Waals surface area contributed by atoms with Gasteiger partial charge in [0.2, 0.25) is 0 Å². The Kier molecular flexibility index (Phi) is 2.33. The van der Waals surface area contributed by atoms with Crippen molar-refractivity contribution < 1.29 is 0 Å². The first-order valence-corrected chi connectivity index (χ1v) is 5.87. The lowest BCUT2D eigenvalue weighted by Crippen LogP contribution is -2.15. The quantitative estimate of drug-likeness (QED) is 0.748. The van der Waals surface area contributed by atoms with Gasteiger partial charge in [-0.15, -0.1) is 0 Å². The van der Waals surface area contributed by atoms with E-state index in [1.807, 2.05) is 30.3 Å². The maximum Gasteiger partial charge on any atom is 0.332 e. The Bertz CT molecular complexity index is 730. The summed E-state index contributed by atoms with van der Waals surface area (Å²) in [5, 5.41) is 0. The second-order valence-corrected chi connectivity index (χ2v) is 4.44. The second kappa shape index (κ2) is 3.85. The molecule has 2 heterocycles. The van der Waals surface area contributed by atoms with Crippen LogP contribution in [-0.2, 0) is 0 Å². The molecule has 0 fully saturated rings. The van der Waals surface area contributed by atoms with Gasteiger partial charge >= 0.3 is 5.69 Å². The van der Waals surface area contributed by atoms with Gasteiger partial charge in [0.05, 0.1) is 11.0 Å². The number of nitrogens with one attached hydrogen (secondary N) is 1. The normalized spacial score (nSPS) is 10.9. The van der Waals surface area contributed by atoms with Crippen LogP contribution in [0.1, 0.15) is 0 Å². The van der Waals surface area contributed by atoms with Crippen molar-refractivity contribution >= 4 is 27.0 Å². The van der Waals surface area contributed by atoms with Gasteiger partial charge in [-0.1, -0.05) is 12.1 Å². The predicted molar refractivity (Wildman–Crippen MR) is 69.4 cm³/mol. The largest absolute Gasteiger partial charge is 0.332 e. The molecule has 1 aromatic carbocycles. The van der Waals surface area contributed by atoms with Crippen LogP contribution < -0.4 is 5.69 Å². The average Bonchev–Trinajstić information content (AvgIpc) is 2.68. The van der Waals surface area contributed by atoms with E-state index in [4.69, 9.17) is 0 Å². The minimum absolute atomic E-state index is 0.189. The molecule has 3 aromatic rings. The Morgan fingerprint density at radius 1 is 1.18 bits per heavy atom. The number of hydrogen-bond acceptors (Lipinski definition) is 2. The summed E-state index contributed by atoms with van der Waals surface area (Å²) in [5.41, 5.74) is 1.40. The molecular formula is C12H8BrN3O. The van der Waals surface area contributed by atoms with E-state index in [2.05, 4.69) is 25.9 Å². The molecule has 0 aliphatic carbocycles. The highest BCUT2D eigenvalue weighted by Gasteiger charge is 2.10. The summed E-state index contributed by atoms with van der Waals surface area (Å²) in [6.07, 6.45) is 1.67. The van der Waals surface area contributed by atoms with E-state index < -0.39 is 0 Å². The number of halogens is 1. The van der Waals surface area contributed by atoms with Crippen LogP contribution in [0.25, 0.3) is 16.9 Å². The first-order chi connectivity index (χ1) is 8.27. The Labute approximate surface area is 105 Å². The summed E-state index contributed by atoms with van der Waals surface area (Å²) in [6.45, 7) is 0. The summed E-state index contributed by atoms with van der Waals surface area (Å²) < 4.78 is 2.42. The lowest BCUT2D eigenvalue weighted by molar-refractivity contribution is 0.966. The van der Waals surface area contributed by atoms with Gasteiger partial charge in [0.15, 0.2) is 0 Å². The summed E-state index contributed by atoms with van der Waals surface area (Å²) in [7, 11) is 0. The number of aromatic amines is 1. The van der Waals surface area contributed by atoms with Gasteiger partial charge < -0.3 is 4.98 Å². The van der Waals surface area contributed by atoms with E-state index in [0.717, 1.165) is 15.5 Å². The van der Waals surface area contributed by atoms with Crippen molar-refractivity contribution in [3.8, 4) is 5.82 Å². The molecule has 2 aromatic heterocycles. The molecule has 0 spiro atoms. The smallest absolute Gasteiger partial charge is 0.304 e. The number of aromatic nitrogens is 3. The van der Waals surface area contributed by atoms with Gasteiger partial charge in [-0.3, -0.25) is 0 Å². The van der Waals surface area contributed by atoms with Gasteiger partial charge in [-0.05, 0) is 40.2 Å². The molecular weight excluding hydrogens is 282 g/mol. The van der Waals surface area contributed by atoms with Gasteiger partial charge in [0, 0.05) is 10.7 Å². The number of H-pyrrole nitrogens is 1. The van der Waals surface area contributed by atoms with Crippen LogP contribution in [0.2, 0.25) is 0 Å². The Hall–Kier alpha value is -1.88. The van der Waals surface area contributed by atoms with Crippen LogP contribution in [0.5, 0.6) is 0 Å². The molecule has 0 atom stereocenters. The molecule has 0 unspecified atom stereocenters. The van der Waals surface area contributed by atoms with Crippen molar-refractivity contribution in [1.29, 1.82) is 0 Å². The molecule has 0 saturated carbocycles. The summed E-state index contributed by atoms with van der Waals surface area (Å²) in [4.78, 5) is 18.9. The average molecular weight is 290 g/mol. The van der Waals surface area contributed by atoms with Crippen molar-refractivity contribution in [2.45, 2.75) is 0 Å². The third kappa shape index (κ3) is 1.59. The highest BCUT2D eigenvalue weighted by molar-refractivity contribution is 9.10. The van der Waals surface area contributed by atoms with Crippen LogP contribution in [-0.4, -0.2) is 14.5 Å². The molecule has 3 rings (SSSR count).